The maximum atomic E-state index is 12.8. The van der Waals surface area contributed by atoms with Crippen LogP contribution in [0.25, 0.3) is 10.9 Å². The largest absolute Gasteiger partial charge is 0.416 e. The highest BCUT2D eigenvalue weighted by atomic mass is 19.4. The molecule has 1 aliphatic carbocycles. The Bertz CT molecular complexity index is 993. The van der Waals surface area contributed by atoms with Crippen LogP contribution in [0, 0.1) is 0 Å². The number of halogens is 3. The maximum Gasteiger partial charge on any atom is 0.416 e. The molecule has 6 heteroatoms. The molecular weight excluding hydrogens is 377 g/mol. The number of alkyl halides is 3. The smallest absolute Gasteiger partial charge is 0.390 e. The fraction of sp³-hybridized carbons (Fsp3) is 0.391. The Morgan fingerprint density at radius 2 is 1.83 bits per heavy atom. The van der Waals surface area contributed by atoms with E-state index >= 15 is 0 Å². The van der Waals surface area contributed by atoms with Gasteiger partial charge in [0.15, 0.2) is 0 Å². The number of benzene rings is 2. The number of nitrogens with zero attached hydrogens (tertiary/aromatic N) is 1. The van der Waals surface area contributed by atoms with Crippen molar-refractivity contribution >= 4 is 10.9 Å². The van der Waals surface area contributed by atoms with Crippen molar-refractivity contribution in [3.63, 3.8) is 0 Å². The van der Waals surface area contributed by atoms with Gasteiger partial charge in [0.2, 0.25) is 0 Å². The van der Waals surface area contributed by atoms with Crippen molar-refractivity contribution in [2.45, 2.75) is 51.1 Å². The van der Waals surface area contributed by atoms with E-state index in [1.807, 2.05) is 6.07 Å². The Morgan fingerprint density at radius 1 is 1.03 bits per heavy atom. The lowest BCUT2D eigenvalue weighted by Crippen LogP contribution is -2.30. The number of hydrogen-bond acceptors (Lipinski definition) is 2. The minimum atomic E-state index is -4.34. The minimum Gasteiger partial charge on any atom is -0.390 e. The number of fused-ring (bicyclic) bond motifs is 3. The summed E-state index contributed by atoms with van der Waals surface area (Å²) in [5.74, 6) is 0. The van der Waals surface area contributed by atoms with Crippen molar-refractivity contribution < 1.29 is 18.3 Å². The standard InChI is InChI=1S/C23H25F3N2O/c24-23(25,26)17-7-5-6-16(12-17)13-27-14-18(29)15-28-21-10-3-1-8-19(21)20-9-2-4-11-22(20)28/h1,3,5-8,10,12,18,27,29H,2,4,9,11,13-15H2. The monoisotopic (exact) mass is 402 g/mol. The van der Waals surface area contributed by atoms with Gasteiger partial charge < -0.3 is 15.0 Å². The Kier molecular flexibility index (Phi) is 5.65. The molecule has 0 saturated carbocycles. The first-order valence-corrected chi connectivity index (χ1v) is 10.1. The zero-order valence-corrected chi connectivity index (χ0v) is 16.2. The predicted octanol–water partition coefficient (Wildman–Crippen LogP) is 4.69. The lowest BCUT2D eigenvalue weighted by Gasteiger charge is -2.19. The van der Waals surface area contributed by atoms with Crippen LogP contribution < -0.4 is 5.32 Å². The van der Waals surface area contributed by atoms with E-state index in [2.05, 4.69) is 28.1 Å². The molecule has 154 valence electrons. The molecule has 1 aliphatic rings. The van der Waals surface area contributed by atoms with Crippen molar-refractivity contribution in [1.82, 2.24) is 9.88 Å². The van der Waals surface area contributed by atoms with Gasteiger partial charge in [-0.15, -0.1) is 0 Å². The topological polar surface area (TPSA) is 37.2 Å². The van der Waals surface area contributed by atoms with Crippen LogP contribution in [0.4, 0.5) is 13.2 Å². The average molecular weight is 402 g/mol. The molecule has 4 rings (SSSR count). The van der Waals surface area contributed by atoms with E-state index in [4.69, 9.17) is 0 Å². The van der Waals surface area contributed by atoms with Gasteiger partial charge in [-0.2, -0.15) is 13.2 Å². The number of aryl methyl sites for hydroxylation is 1. The summed E-state index contributed by atoms with van der Waals surface area (Å²) >= 11 is 0. The third kappa shape index (κ3) is 4.33. The predicted molar refractivity (Wildman–Crippen MR) is 108 cm³/mol. The molecule has 0 saturated heterocycles. The molecule has 1 aromatic heterocycles. The summed E-state index contributed by atoms with van der Waals surface area (Å²) in [6.07, 6.45) is -0.511. The fourth-order valence-electron chi connectivity index (χ4n) is 4.31. The third-order valence-corrected chi connectivity index (χ3v) is 5.64. The van der Waals surface area contributed by atoms with Gasteiger partial charge in [-0.05, 0) is 48.9 Å². The Hall–Kier alpha value is -2.31. The lowest BCUT2D eigenvalue weighted by atomic mass is 9.95. The van der Waals surface area contributed by atoms with Crippen LogP contribution in [0.3, 0.4) is 0 Å². The maximum absolute atomic E-state index is 12.8. The summed E-state index contributed by atoms with van der Waals surface area (Å²) in [6, 6.07) is 13.6. The van der Waals surface area contributed by atoms with Gasteiger partial charge in [-0.3, -0.25) is 0 Å². The second-order valence-electron chi connectivity index (χ2n) is 7.74. The summed E-state index contributed by atoms with van der Waals surface area (Å²) in [5.41, 5.74) is 3.76. The molecule has 0 spiro atoms. The second kappa shape index (κ2) is 8.20. The molecule has 29 heavy (non-hydrogen) atoms. The SMILES string of the molecule is OC(CNCc1cccc(C(F)(F)F)c1)Cn1c2c(c3ccccc31)CCCC2. The summed E-state index contributed by atoms with van der Waals surface area (Å²) in [5, 5.41) is 14.9. The molecule has 1 heterocycles. The zero-order valence-electron chi connectivity index (χ0n) is 16.2. The first-order chi connectivity index (χ1) is 13.9. The normalized spacial score (nSPS) is 15.4. The van der Waals surface area contributed by atoms with Gasteiger partial charge in [0.05, 0.1) is 18.2 Å². The number of aliphatic hydroxyl groups excluding tert-OH is 1. The first kappa shape index (κ1) is 20.0. The molecule has 1 unspecified atom stereocenters. The van der Waals surface area contributed by atoms with Crippen LogP contribution >= 0.6 is 0 Å². The summed E-state index contributed by atoms with van der Waals surface area (Å²) in [4.78, 5) is 0. The van der Waals surface area contributed by atoms with Crippen LogP contribution in [0.5, 0.6) is 0 Å². The summed E-state index contributed by atoms with van der Waals surface area (Å²) in [7, 11) is 0. The van der Waals surface area contributed by atoms with Crippen LogP contribution in [-0.4, -0.2) is 22.3 Å². The molecule has 0 aliphatic heterocycles. The van der Waals surface area contributed by atoms with E-state index in [1.165, 1.54) is 29.1 Å². The molecule has 0 amide bonds. The van der Waals surface area contributed by atoms with Gasteiger partial charge in [0.25, 0.3) is 0 Å². The molecule has 1 atom stereocenters. The van der Waals surface area contributed by atoms with E-state index in [1.54, 1.807) is 6.07 Å². The highest BCUT2D eigenvalue weighted by Crippen LogP contribution is 2.32. The van der Waals surface area contributed by atoms with Crippen molar-refractivity contribution in [3.8, 4) is 0 Å². The van der Waals surface area contributed by atoms with Crippen molar-refractivity contribution in [3.05, 3.63) is 70.9 Å². The van der Waals surface area contributed by atoms with E-state index in [-0.39, 0.29) is 6.54 Å². The number of para-hydroxylation sites is 1. The second-order valence-corrected chi connectivity index (χ2v) is 7.74. The zero-order chi connectivity index (χ0) is 20.4. The number of hydrogen-bond donors (Lipinski definition) is 2. The number of aromatic nitrogens is 1. The van der Waals surface area contributed by atoms with Gasteiger partial charge in [0.1, 0.15) is 0 Å². The highest BCUT2D eigenvalue weighted by molar-refractivity contribution is 5.85. The Balaban J connectivity index is 1.42. The lowest BCUT2D eigenvalue weighted by molar-refractivity contribution is -0.137. The molecular formula is C23H25F3N2O. The highest BCUT2D eigenvalue weighted by Gasteiger charge is 2.30. The number of nitrogens with one attached hydrogen (secondary N) is 1. The number of aliphatic hydroxyl groups is 1. The van der Waals surface area contributed by atoms with Crippen molar-refractivity contribution in [1.29, 1.82) is 0 Å². The molecule has 2 aromatic carbocycles. The fourth-order valence-corrected chi connectivity index (χ4v) is 4.31. The van der Waals surface area contributed by atoms with Gasteiger partial charge in [-0.1, -0.05) is 36.4 Å². The van der Waals surface area contributed by atoms with E-state index in [0.717, 1.165) is 36.9 Å². The molecule has 0 fully saturated rings. The van der Waals surface area contributed by atoms with Crippen molar-refractivity contribution in [2.24, 2.45) is 0 Å². The number of rotatable bonds is 6. The van der Waals surface area contributed by atoms with E-state index in [9.17, 15) is 18.3 Å². The first-order valence-electron chi connectivity index (χ1n) is 10.1. The van der Waals surface area contributed by atoms with Crippen LogP contribution in [0.15, 0.2) is 48.5 Å². The molecule has 0 bridgehead atoms. The third-order valence-electron chi connectivity index (χ3n) is 5.64. The average Bonchev–Trinajstić information content (AvgIpc) is 3.02. The Morgan fingerprint density at radius 3 is 2.66 bits per heavy atom. The van der Waals surface area contributed by atoms with Crippen molar-refractivity contribution in [2.75, 3.05) is 6.54 Å². The summed E-state index contributed by atoms with van der Waals surface area (Å²) < 4.78 is 40.7. The van der Waals surface area contributed by atoms with Gasteiger partial charge >= 0.3 is 6.18 Å². The van der Waals surface area contributed by atoms with E-state index in [0.29, 0.717) is 18.7 Å². The molecule has 2 N–H and O–H groups in total. The molecule has 3 nitrogen and oxygen atoms in total. The van der Waals surface area contributed by atoms with Crippen LogP contribution in [-0.2, 0) is 32.1 Å². The quantitative estimate of drug-likeness (QED) is 0.628. The Labute approximate surface area is 168 Å². The van der Waals surface area contributed by atoms with Crippen LogP contribution in [0.1, 0.15) is 35.2 Å². The molecule has 3 aromatic rings. The minimum absolute atomic E-state index is 0.283. The van der Waals surface area contributed by atoms with Gasteiger partial charge in [-0.25, -0.2) is 0 Å². The van der Waals surface area contributed by atoms with Crippen LogP contribution in [0.2, 0.25) is 0 Å². The molecule has 0 radical (unpaired) electrons. The van der Waals surface area contributed by atoms with E-state index < -0.39 is 17.8 Å². The van der Waals surface area contributed by atoms with Gasteiger partial charge in [0, 0.05) is 29.7 Å². The summed E-state index contributed by atoms with van der Waals surface area (Å²) in [6.45, 7) is 1.08.